The van der Waals surface area contributed by atoms with Gasteiger partial charge in [0.1, 0.15) is 5.75 Å². The number of halogens is 1. The fraction of sp³-hybridized carbons (Fsp3) is 0.350. The first-order chi connectivity index (χ1) is 11.7. The lowest BCUT2D eigenvalue weighted by Gasteiger charge is -2.20. The molecule has 1 aliphatic rings. The minimum atomic E-state index is -0.481. The molecule has 1 aliphatic carbocycles. The minimum absolute atomic E-state index is 0.101. The maximum absolute atomic E-state index is 12.5. The Morgan fingerprint density at radius 3 is 2.54 bits per heavy atom. The molecule has 1 atom stereocenters. The lowest BCUT2D eigenvalue weighted by molar-refractivity contribution is -0.122. The molecular formula is C20H22INO2. The van der Waals surface area contributed by atoms with Gasteiger partial charge < -0.3 is 10.1 Å². The Kier molecular flexibility index (Phi) is 5.76. The van der Waals surface area contributed by atoms with Gasteiger partial charge in [0, 0.05) is 9.26 Å². The fourth-order valence-electron chi connectivity index (χ4n) is 3.03. The molecule has 0 spiro atoms. The second-order valence-electron chi connectivity index (χ2n) is 6.15. The molecule has 2 aromatic rings. The molecule has 0 saturated carbocycles. The molecule has 0 bridgehead atoms. The molecule has 4 heteroatoms. The van der Waals surface area contributed by atoms with Crippen molar-refractivity contribution in [3.05, 3.63) is 57.2 Å². The Labute approximate surface area is 156 Å². The summed E-state index contributed by atoms with van der Waals surface area (Å²) in [6, 6.07) is 14.0. The summed E-state index contributed by atoms with van der Waals surface area (Å²) in [5, 5.41) is 2.94. The van der Waals surface area contributed by atoms with Crippen LogP contribution in [0.5, 0.6) is 5.75 Å². The highest BCUT2D eigenvalue weighted by atomic mass is 127. The van der Waals surface area contributed by atoms with Crippen molar-refractivity contribution in [2.24, 2.45) is 0 Å². The lowest BCUT2D eigenvalue weighted by atomic mass is 9.92. The standard InChI is InChI=1S/C20H22INO2/c1-2-19(20(23)22-17-10-8-16(21)9-11-17)24-18-12-7-14-5-3-4-6-15(14)13-18/h7-13,19H,2-6H2,1H3,(H,22,23)/t19-/m1/s1. The number of rotatable bonds is 5. The number of amides is 1. The van der Waals surface area contributed by atoms with Crippen molar-refractivity contribution < 1.29 is 9.53 Å². The molecule has 126 valence electrons. The smallest absolute Gasteiger partial charge is 0.265 e. The van der Waals surface area contributed by atoms with Crippen LogP contribution >= 0.6 is 22.6 Å². The molecule has 0 saturated heterocycles. The van der Waals surface area contributed by atoms with Gasteiger partial charge in [-0.25, -0.2) is 0 Å². The average molecular weight is 435 g/mol. The van der Waals surface area contributed by atoms with E-state index < -0.39 is 6.10 Å². The molecule has 0 radical (unpaired) electrons. The summed E-state index contributed by atoms with van der Waals surface area (Å²) in [5.41, 5.74) is 3.59. The number of benzene rings is 2. The van der Waals surface area contributed by atoms with Gasteiger partial charge in [-0.05, 0) is 102 Å². The second kappa shape index (κ2) is 8.01. The SMILES string of the molecule is CC[C@@H](Oc1ccc2c(c1)CCCC2)C(=O)Nc1ccc(I)cc1. The Hall–Kier alpha value is -1.56. The molecule has 0 fully saturated rings. The Morgan fingerprint density at radius 1 is 1.12 bits per heavy atom. The zero-order chi connectivity index (χ0) is 16.9. The molecular weight excluding hydrogens is 413 g/mol. The average Bonchev–Trinajstić information content (AvgIpc) is 2.61. The van der Waals surface area contributed by atoms with Gasteiger partial charge in [-0.2, -0.15) is 0 Å². The van der Waals surface area contributed by atoms with Gasteiger partial charge in [0.15, 0.2) is 6.10 Å². The maximum atomic E-state index is 12.5. The van der Waals surface area contributed by atoms with Crippen LogP contribution in [-0.2, 0) is 17.6 Å². The first kappa shape index (κ1) is 17.3. The summed E-state index contributed by atoms with van der Waals surface area (Å²) >= 11 is 2.25. The van der Waals surface area contributed by atoms with Crippen LogP contribution < -0.4 is 10.1 Å². The van der Waals surface area contributed by atoms with Crippen LogP contribution in [0.3, 0.4) is 0 Å². The third kappa shape index (κ3) is 4.29. The van der Waals surface area contributed by atoms with Crippen LogP contribution in [0.4, 0.5) is 5.69 Å². The van der Waals surface area contributed by atoms with E-state index in [4.69, 9.17) is 4.74 Å². The van der Waals surface area contributed by atoms with Crippen LogP contribution in [0.1, 0.15) is 37.3 Å². The third-order valence-electron chi connectivity index (χ3n) is 4.37. The van der Waals surface area contributed by atoms with Crippen LogP contribution in [0, 0.1) is 3.57 Å². The molecule has 1 amide bonds. The van der Waals surface area contributed by atoms with Crippen LogP contribution in [0.2, 0.25) is 0 Å². The van der Waals surface area contributed by atoms with Gasteiger partial charge in [0.2, 0.25) is 0 Å². The molecule has 2 aromatic carbocycles. The topological polar surface area (TPSA) is 38.3 Å². The molecule has 3 nitrogen and oxygen atoms in total. The number of carbonyl (C=O) groups is 1. The molecule has 24 heavy (non-hydrogen) atoms. The van der Waals surface area contributed by atoms with Gasteiger partial charge in [-0.1, -0.05) is 13.0 Å². The van der Waals surface area contributed by atoms with E-state index in [1.54, 1.807) is 0 Å². The molecule has 3 rings (SSSR count). The number of hydrogen-bond donors (Lipinski definition) is 1. The summed E-state index contributed by atoms with van der Waals surface area (Å²) in [6.45, 7) is 1.97. The van der Waals surface area contributed by atoms with E-state index in [1.807, 2.05) is 37.3 Å². The van der Waals surface area contributed by atoms with Crippen LogP contribution in [0.25, 0.3) is 0 Å². The largest absolute Gasteiger partial charge is 0.481 e. The summed E-state index contributed by atoms with van der Waals surface area (Å²) in [7, 11) is 0. The first-order valence-electron chi connectivity index (χ1n) is 8.50. The van der Waals surface area contributed by atoms with Gasteiger partial charge in [0.05, 0.1) is 0 Å². The predicted molar refractivity (Wildman–Crippen MR) is 106 cm³/mol. The van der Waals surface area contributed by atoms with Crippen LogP contribution in [-0.4, -0.2) is 12.0 Å². The van der Waals surface area contributed by atoms with Gasteiger partial charge in [-0.15, -0.1) is 0 Å². The van der Waals surface area contributed by atoms with E-state index >= 15 is 0 Å². The number of anilines is 1. The van der Waals surface area contributed by atoms with Gasteiger partial charge in [-0.3, -0.25) is 4.79 Å². The Balaban J connectivity index is 1.67. The zero-order valence-electron chi connectivity index (χ0n) is 13.8. The summed E-state index contributed by atoms with van der Waals surface area (Å²) in [5.74, 6) is 0.691. The van der Waals surface area contributed by atoms with E-state index in [-0.39, 0.29) is 5.91 Å². The van der Waals surface area contributed by atoms with Crippen molar-refractivity contribution >= 4 is 34.2 Å². The molecule has 0 aromatic heterocycles. The first-order valence-corrected chi connectivity index (χ1v) is 9.58. The fourth-order valence-corrected chi connectivity index (χ4v) is 3.39. The number of carbonyl (C=O) groups excluding carboxylic acids is 1. The lowest BCUT2D eigenvalue weighted by Crippen LogP contribution is -2.32. The number of nitrogens with one attached hydrogen (secondary N) is 1. The number of fused-ring (bicyclic) bond motifs is 1. The summed E-state index contributed by atoms with van der Waals surface area (Å²) in [4.78, 5) is 12.5. The van der Waals surface area contributed by atoms with E-state index in [0.29, 0.717) is 6.42 Å². The number of ether oxygens (including phenoxy) is 1. The molecule has 1 N–H and O–H groups in total. The highest BCUT2D eigenvalue weighted by Gasteiger charge is 2.19. The minimum Gasteiger partial charge on any atom is -0.481 e. The second-order valence-corrected chi connectivity index (χ2v) is 7.39. The Bertz CT molecular complexity index is 712. The predicted octanol–water partition coefficient (Wildman–Crippen LogP) is 4.97. The van der Waals surface area contributed by atoms with Crippen molar-refractivity contribution in [1.29, 1.82) is 0 Å². The van der Waals surface area contributed by atoms with E-state index in [2.05, 4.69) is 40.0 Å². The highest BCUT2D eigenvalue weighted by Crippen LogP contribution is 2.26. The third-order valence-corrected chi connectivity index (χ3v) is 5.09. The monoisotopic (exact) mass is 435 g/mol. The Morgan fingerprint density at radius 2 is 1.83 bits per heavy atom. The summed E-state index contributed by atoms with van der Waals surface area (Å²) in [6.07, 6.45) is 4.92. The van der Waals surface area contributed by atoms with E-state index in [0.717, 1.165) is 27.8 Å². The number of aryl methyl sites for hydroxylation is 2. The molecule has 0 aliphatic heterocycles. The van der Waals surface area contributed by atoms with Crippen molar-refractivity contribution in [3.63, 3.8) is 0 Å². The van der Waals surface area contributed by atoms with Gasteiger partial charge in [0.25, 0.3) is 5.91 Å². The molecule has 0 unspecified atom stereocenters. The van der Waals surface area contributed by atoms with Crippen molar-refractivity contribution in [2.75, 3.05) is 5.32 Å². The van der Waals surface area contributed by atoms with E-state index in [9.17, 15) is 4.79 Å². The van der Waals surface area contributed by atoms with Gasteiger partial charge >= 0.3 is 0 Å². The zero-order valence-corrected chi connectivity index (χ0v) is 16.0. The maximum Gasteiger partial charge on any atom is 0.265 e. The van der Waals surface area contributed by atoms with Crippen molar-refractivity contribution in [2.45, 2.75) is 45.1 Å². The van der Waals surface area contributed by atoms with Crippen molar-refractivity contribution in [3.8, 4) is 5.75 Å². The van der Waals surface area contributed by atoms with Crippen LogP contribution in [0.15, 0.2) is 42.5 Å². The normalized spacial score (nSPS) is 14.6. The summed E-state index contributed by atoms with van der Waals surface area (Å²) < 4.78 is 7.12. The number of hydrogen-bond acceptors (Lipinski definition) is 2. The van der Waals surface area contributed by atoms with Crippen molar-refractivity contribution in [1.82, 2.24) is 0 Å². The quantitative estimate of drug-likeness (QED) is 0.674. The molecule has 0 heterocycles. The van der Waals surface area contributed by atoms with E-state index in [1.165, 1.54) is 24.0 Å². The highest BCUT2D eigenvalue weighted by molar-refractivity contribution is 14.1.